The number of hydrogen-bond acceptors (Lipinski definition) is 6. The predicted octanol–water partition coefficient (Wildman–Crippen LogP) is 4.60. The fraction of sp³-hybridized carbons (Fsp3) is 0.227. The molecule has 2 heterocycles. The highest BCUT2D eigenvalue weighted by atomic mass is 32.1. The van der Waals surface area contributed by atoms with Crippen LogP contribution in [0.25, 0.3) is 21.5 Å². The van der Waals surface area contributed by atoms with Gasteiger partial charge in [0.05, 0.1) is 27.5 Å². The third kappa shape index (κ3) is 5.26. The van der Waals surface area contributed by atoms with Crippen LogP contribution in [0.1, 0.15) is 15.6 Å². The van der Waals surface area contributed by atoms with Gasteiger partial charge in [-0.25, -0.2) is 9.97 Å². The molecule has 4 rings (SSSR count). The molecule has 29 heavy (non-hydrogen) atoms. The molecule has 0 radical (unpaired) electrons. The summed E-state index contributed by atoms with van der Waals surface area (Å²) in [6, 6.07) is 16.3. The summed E-state index contributed by atoms with van der Waals surface area (Å²) < 4.78 is 6.64. The number of aromatic nitrogens is 2. The molecule has 2 aromatic heterocycles. The molecule has 4 aromatic rings. The number of amides is 1. The first-order chi connectivity index (χ1) is 14.2. The summed E-state index contributed by atoms with van der Waals surface area (Å²) in [7, 11) is 0. The van der Waals surface area contributed by atoms with Gasteiger partial charge in [0.25, 0.3) is 0 Å². The van der Waals surface area contributed by atoms with Crippen LogP contribution in [0, 0.1) is 6.92 Å². The Morgan fingerprint density at radius 3 is 2.69 bits per heavy atom. The van der Waals surface area contributed by atoms with E-state index in [-0.39, 0.29) is 12.5 Å². The van der Waals surface area contributed by atoms with Gasteiger partial charge in [-0.1, -0.05) is 36.4 Å². The van der Waals surface area contributed by atoms with Gasteiger partial charge in [0.2, 0.25) is 5.91 Å². The highest BCUT2D eigenvalue weighted by molar-refractivity contribution is 7.18. The quantitative estimate of drug-likeness (QED) is 0.450. The van der Waals surface area contributed by atoms with Crippen molar-refractivity contribution < 1.29 is 9.53 Å². The Morgan fingerprint density at radius 1 is 1.10 bits per heavy atom. The minimum atomic E-state index is -0.110. The Labute approximate surface area is 177 Å². The van der Waals surface area contributed by atoms with E-state index >= 15 is 0 Å². The Hall–Kier alpha value is -2.61. The number of nitrogens with zero attached hydrogens (tertiary/aromatic N) is 2. The molecule has 0 saturated heterocycles. The summed E-state index contributed by atoms with van der Waals surface area (Å²) in [6.45, 7) is 2.98. The van der Waals surface area contributed by atoms with Gasteiger partial charge < -0.3 is 10.1 Å². The minimum absolute atomic E-state index is 0.0397. The van der Waals surface area contributed by atoms with Crippen LogP contribution in [0.5, 0.6) is 0 Å². The minimum Gasteiger partial charge on any atom is -0.364 e. The number of benzene rings is 2. The molecule has 0 aliphatic rings. The maximum atomic E-state index is 12.0. The Balaban J connectivity index is 1.18. The fourth-order valence-corrected chi connectivity index (χ4v) is 4.48. The first-order valence-corrected chi connectivity index (χ1v) is 11.1. The number of aryl methyl sites for hydroxylation is 1. The first-order valence-electron chi connectivity index (χ1n) is 9.38. The van der Waals surface area contributed by atoms with Crippen LogP contribution in [0.2, 0.25) is 0 Å². The van der Waals surface area contributed by atoms with Crippen LogP contribution in [-0.2, 0) is 22.6 Å². The van der Waals surface area contributed by atoms with E-state index in [1.165, 1.54) is 5.56 Å². The van der Waals surface area contributed by atoms with Gasteiger partial charge in [-0.2, -0.15) is 0 Å². The van der Waals surface area contributed by atoms with Crippen LogP contribution >= 0.6 is 22.7 Å². The average molecular weight is 424 g/mol. The van der Waals surface area contributed by atoms with Gasteiger partial charge in [0.1, 0.15) is 11.6 Å². The number of rotatable bonds is 8. The lowest BCUT2D eigenvalue weighted by Gasteiger charge is -2.06. The van der Waals surface area contributed by atoms with Crippen LogP contribution in [0.15, 0.2) is 53.9 Å². The van der Waals surface area contributed by atoms with Crippen LogP contribution < -0.4 is 5.32 Å². The van der Waals surface area contributed by atoms with E-state index in [1.54, 1.807) is 22.7 Å². The summed E-state index contributed by atoms with van der Waals surface area (Å²) >= 11 is 3.25. The van der Waals surface area contributed by atoms with Crippen LogP contribution in [-0.4, -0.2) is 29.0 Å². The summed E-state index contributed by atoms with van der Waals surface area (Å²) in [5.74, 6) is -0.110. The molecule has 0 saturated carbocycles. The average Bonchev–Trinajstić information content (AvgIpc) is 3.34. The van der Waals surface area contributed by atoms with Crippen molar-refractivity contribution in [1.29, 1.82) is 0 Å². The van der Waals surface area contributed by atoms with E-state index in [9.17, 15) is 4.79 Å². The molecule has 2 aromatic carbocycles. The van der Waals surface area contributed by atoms with E-state index < -0.39 is 0 Å². The van der Waals surface area contributed by atoms with Gasteiger partial charge in [0, 0.05) is 17.5 Å². The molecule has 0 aliphatic heterocycles. The van der Waals surface area contributed by atoms with Crippen molar-refractivity contribution in [3.05, 3.63) is 69.5 Å². The number of fused-ring (bicyclic) bond motifs is 1. The Bertz CT molecular complexity index is 1070. The zero-order valence-corrected chi connectivity index (χ0v) is 17.7. The van der Waals surface area contributed by atoms with Crippen molar-refractivity contribution in [3.8, 4) is 11.3 Å². The lowest BCUT2D eigenvalue weighted by Crippen LogP contribution is -2.29. The maximum Gasteiger partial charge on any atom is 0.246 e. The monoisotopic (exact) mass is 423 g/mol. The molecular formula is C22H21N3O2S2. The number of hydrogen-bond donors (Lipinski definition) is 1. The van der Waals surface area contributed by atoms with Crippen molar-refractivity contribution in [2.75, 3.05) is 13.2 Å². The molecule has 0 fully saturated rings. The van der Waals surface area contributed by atoms with Crippen molar-refractivity contribution in [1.82, 2.24) is 15.3 Å². The summed E-state index contributed by atoms with van der Waals surface area (Å²) in [6.07, 6.45) is 0.778. The molecule has 0 aliphatic carbocycles. The van der Waals surface area contributed by atoms with Crippen LogP contribution in [0.3, 0.4) is 0 Å². The van der Waals surface area contributed by atoms with E-state index in [2.05, 4.69) is 44.9 Å². The molecule has 1 N–H and O–H groups in total. The van der Waals surface area contributed by atoms with Gasteiger partial charge in [-0.3, -0.25) is 4.79 Å². The normalized spacial score (nSPS) is 11.1. The molecule has 0 atom stereocenters. The van der Waals surface area contributed by atoms with E-state index in [0.717, 1.165) is 37.9 Å². The number of thiazole rings is 2. The number of carbonyl (C=O) groups excluding carboxylic acids is 1. The smallest absolute Gasteiger partial charge is 0.246 e. The summed E-state index contributed by atoms with van der Waals surface area (Å²) in [5, 5.41) is 6.92. The zero-order chi connectivity index (χ0) is 20.1. The lowest BCUT2D eigenvalue weighted by atomic mass is 10.1. The second-order valence-electron chi connectivity index (χ2n) is 6.62. The first kappa shape index (κ1) is 19.7. The Kier molecular flexibility index (Phi) is 6.29. The third-order valence-corrected chi connectivity index (χ3v) is 6.18. The SMILES string of the molecule is Cc1nc(-c2ccc(CCNC(=O)COCc3nc4ccccc4s3)cc2)cs1. The molecule has 0 bridgehead atoms. The molecular weight excluding hydrogens is 402 g/mol. The molecule has 148 valence electrons. The Morgan fingerprint density at radius 2 is 1.93 bits per heavy atom. The summed E-state index contributed by atoms with van der Waals surface area (Å²) in [4.78, 5) is 21.0. The van der Waals surface area contributed by atoms with Gasteiger partial charge in [-0.15, -0.1) is 22.7 Å². The maximum absolute atomic E-state index is 12.0. The second-order valence-corrected chi connectivity index (χ2v) is 8.79. The fourth-order valence-electron chi connectivity index (χ4n) is 2.95. The van der Waals surface area contributed by atoms with Crippen molar-refractivity contribution in [3.63, 3.8) is 0 Å². The van der Waals surface area contributed by atoms with Gasteiger partial charge in [0.15, 0.2) is 0 Å². The van der Waals surface area contributed by atoms with Crippen molar-refractivity contribution in [2.45, 2.75) is 20.0 Å². The number of ether oxygens (including phenoxy) is 1. The molecule has 1 amide bonds. The molecule has 0 spiro atoms. The lowest BCUT2D eigenvalue weighted by molar-refractivity contribution is -0.126. The van der Waals surface area contributed by atoms with E-state index in [4.69, 9.17) is 4.74 Å². The molecule has 5 nitrogen and oxygen atoms in total. The predicted molar refractivity (Wildman–Crippen MR) is 118 cm³/mol. The highest BCUT2D eigenvalue weighted by Gasteiger charge is 2.06. The number of carbonyl (C=O) groups is 1. The number of nitrogens with one attached hydrogen (secondary N) is 1. The van der Waals surface area contributed by atoms with Gasteiger partial charge >= 0.3 is 0 Å². The van der Waals surface area contributed by atoms with E-state index in [1.807, 2.05) is 31.2 Å². The second kappa shape index (κ2) is 9.26. The van der Waals surface area contributed by atoms with Crippen molar-refractivity contribution >= 4 is 38.8 Å². The van der Waals surface area contributed by atoms with E-state index in [0.29, 0.717) is 13.2 Å². The topological polar surface area (TPSA) is 64.1 Å². The number of para-hydroxylation sites is 1. The molecule has 7 heteroatoms. The standard InChI is InChI=1S/C22H21N3O2S2/c1-15-24-19(14-28-15)17-8-6-16(7-9-17)10-11-23-21(26)12-27-13-22-25-18-4-2-3-5-20(18)29-22/h2-9,14H,10-13H2,1H3,(H,23,26). The molecule has 0 unspecified atom stereocenters. The third-order valence-electron chi connectivity index (χ3n) is 4.40. The van der Waals surface area contributed by atoms with Crippen molar-refractivity contribution in [2.24, 2.45) is 0 Å². The largest absolute Gasteiger partial charge is 0.364 e. The van der Waals surface area contributed by atoms with Gasteiger partial charge in [-0.05, 0) is 31.0 Å². The van der Waals surface area contributed by atoms with Crippen LogP contribution in [0.4, 0.5) is 0 Å². The summed E-state index contributed by atoms with van der Waals surface area (Å²) in [5.41, 5.74) is 4.27. The zero-order valence-electron chi connectivity index (χ0n) is 16.1. The highest BCUT2D eigenvalue weighted by Crippen LogP contribution is 2.22.